The Kier molecular flexibility index (Phi) is 9.76. The van der Waals surface area contributed by atoms with Gasteiger partial charge in [-0.2, -0.15) is 0 Å². The zero-order chi connectivity index (χ0) is 24.0. The van der Waals surface area contributed by atoms with Gasteiger partial charge in [-0.05, 0) is 37.9 Å². The highest BCUT2D eigenvalue weighted by Gasteiger charge is 2.42. The van der Waals surface area contributed by atoms with E-state index in [-0.39, 0.29) is 26.2 Å². The van der Waals surface area contributed by atoms with Crippen molar-refractivity contribution in [2.75, 3.05) is 39.6 Å². The summed E-state index contributed by atoms with van der Waals surface area (Å²) in [6.45, 7) is 1.57. The maximum absolute atomic E-state index is 11.3. The number of rotatable bonds is 12. The van der Waals surface area contributed by atoms with E-state index in [9.17, 15) is 20.1 Å². The van der Waals surface area contributed by atoms with Crippen LogP contribution in [0.15, 0.2) is 21.2 Å². The van der Waals surface area contributed by atoms with Crippen molar-refractivity contribution in [3.05, 3.63) is 21.2 Å². The van der Waals surface area contributed by atoms with E-state index in [1.165, 1.54) is 0 Å². The van der Waals surface area contributed by atoms with Crippen LogP contribution in [0.2, 0.25) is 0 Å². The summed E-state index contributed by atoms with van der Waals surface area (Å²) in [4.78, 5) is 14.4. The van der Waals surface area contributed by atoms with Crippen LogP contribution < -0.4 is 9.47 Å². The van der Waals surface area contributed by atoms with Gasteiger partial charge in [0, 0.05) is 12.6 Å². The lowest BCUT2D eigenvalue weighted by atomic mass is 10.0. The fourth-order valence-electron chi connectivity index (χ4n) is 3.25. The van der Waals surface area contributed by atoms with Crippen LogP contribution in [0.5, 0.6) is 11.5 Å². The fourth-order valence-corrected chi connectivity index (χ4v) is 4.79. The van der Waals surface area contributed by atoms with E-state index in [0.29, 0.717) is 51.2 Å². The molecule has 0 aliphatic carbocycles. The molecule has 1 aromatic heterocycles. The number of ether oxygens (including phenoxy) is 5. The number of aromatic amines is 1. The van der Waals surface area contributed by atoms with Gasteiger partial charge < -0.3 is 49.1 Å². The van der Waals surface area contributed by atoms with Crippen molar-refractivity contribution in [1.29, 1.82) is 0 Å². The summed E-state index contributed by atoms with van der Waals surface area (Å²) in [5.41, 5.74) is 0.708. The number of halogens is 2. The first-order valence-corrected chi connectivity index (χ1v) is 11.7. The second-order valence-corrected chi connectivity index (χ2v) is 8.76. The first-order valence-electron chi connectivity index (χ1n) is 10.1. The Morgan fingerprint density at radius 3 is 2.55 bits per heavy atom. The number of aromatic nitrogens is 1. The quantitative estimate of drug-likeness (QED) is 0.226. The van der Waals surface area contributed by atoms with Gasteiger partial charge in [-0.15, -0.1) is 0 Å². The molecule has 11 nitrogen and oxygen atoms in total. The van der Waals surface area contributed by atoms with Crippen LogP contribution in [0.4, 0.5) is 0 Å². The molecule has 0 bridgehead atoms. The van der Waals surface area contributed by atoms with E-state index >= 15 is 0 Å². The van der Waals surface area contributed by atoms with Crippen molar-refractivity contribution in [2.24, 2.45) is 0 Å². The number of carbonyl (C=O) groups is 1. The van der Waals surface area contributed by atoms with Crippen molar-refractivity contribution >= 4 is 48.7 Å². The SMILES string of the molecule is O=C(O)[C@H]1O[C@@H](Oc2c[nH]c3cc(Br)c(OCCOCCOCCO)c(Br)c23)C[C@@H](O)[C@@H]1O. The number of nitrogens with one attached hydrogen (secondary N) is 1. The van der Waals surface area contributed by atoms with Crippen LogP contribution in [0.3, 0.4) is 0 Å². The summed E-state index contributed by atoms with van der Waals surface area (Å²) in [7, 11) is 0. The zero-order valence-electron chi connectivity index (χ0n) is 17.4. The van der Waals surface area contributed by atoms with Crippen LogP contribution >= 0.6 is 31.9 Å². The zero-order valence-corrected chi connectivity index (χ0v) is 20.6. The molecule has 2 aromatic rings. The Morgan fingerprint density at radius 1 is 1.15 bits per heavy atom. The monoisotopic (exact) mass is 597 g/mol. The topological polar surface area (TPSA) is 160 Å². The maximum Gasteiger partial charge on any atom is 0.335 e. The first kappa shape index (κ1) is 26.2. The Balaban J connectivity index is 1.66. The number of hydrogen-bond acceptors (Lipinski definition) is 9. The minimum Gasteiger partial charge on any atom is -0.489 e. The third-order valence-electron chi connectivity index (χ3n) is 4.80. The van der Waals surface area contributed by atoms with Gasteiger partial charge in [0.2, 0.25) is 6.29 Å². The van der Waals surface area contributed by atoms with Gasteiger partial charge in [-0.1, -0.05) is 0 Å². The van der Waals surface area contributed by atoms with Gasteiger partial charge >= 0.3 is 5.97 Å². The summed E-state index contributed by atoms with van der Waals surface area (Å²) in [5, 5.41) is 38.3. The third-order valence-corrected chi connectivity index (χ3v) is 6.15. The molecule has 184 valence electrons. The van der Waals surface area contributed by atoms with Crippen LogP contribution in [-0.4, -0.2) is 95.6 Å². The molecule has 4 atom stereocenters. The molecule has 5 N–H and O–H groups in total. The molecule has 33 heavy (non-hydrogen) atoms. The number of carboxylic acid groups (broad SMARTS) is 1. The maximum atomic E-state index is 11.3. The molecular formula is C20H25Br2NO10. The number of benzene rings is 1. The normalized spacial score (nSPS) is 23.1. The predicted octanol–water partition coefficient (Wildman–Crippen LogP) is 1.40. The summed E-state index contributed by atoms with van der Waals surface area (Å²) in [6, 6.07) is 1.80. The van der Waals surface area contributed by atoms with Crippen LogP contribution in [0.1, 0.15) is 6.42 Å². The molecular weight excluding hydrogens is 574 g/mol. The Hall–Kier alpha value is -1.45. The molecule has 1 aliphatic rings. The van der Waals surface area contributed by atoms with E-state index in [2.05, 4.69) is 36.8 Å². The largest absolute Gasteiger partial charge is 0.489 e. The summed E-state index contributed by atoms with van der Waals surface area (Å²) >= 11 is 7.01. The van der Waals surface area contributed by atoms with Gasteiger partial charge in [-0.25, -0.2) is 4.79 Å². The number of carboxylic acids is 1. The van der Waals surface area contributed by atoms with Crippen LogP contribution in [0.25, 0.3) is 10.9 Å². The standard InChI is InChI=1S/C20H25Br2NO10/c21-10-7-11-15(16(22)18(10)31-6-5-30-4-3-29-2-1-24)13(9-23-11)32-14-8-12(25)17(26)19(33-14)20(27)28/h7,9,12,14,17,19,23-26H,1-6,8H2,(H,27,28)/t12-,14-,17+,19+/m1/s1. The Bertz CT molecular complexity index is 939. The van der Waals surface area contributed by atoms with E-state index in [4.69, 9.17) is 28.8 Å². The summed E-state index contributed by atoms with van der Waals surface area (Å²) in [6.07, 6.45) is -4.05. The van der Waals surface area contributed by atoms with Gasteiger partial charge in [0.1, 0.15) is 24.2 Å². The molecule has 1 aliphatic heterocycles. The molecule has 13 heteroatoms. The van der Waals surface area contributed by atoms with Gasteiger partial charge in [0.15, 0.2) is 6.10 Å². The average Bonchev–Trinajstić information content (AvgIpc) is 3.16. The van der Waals surface area contributed by atoms with Gasteiger partial charge in [-0.3, -0.25) is 0 Å². The second-order valence-electron chi connectivity index (χ2n) is 7.11. The van der Waals surface area contributed by atoms with E-state index in [0.717, 1.165) is 0 Å². The Morgan fingerprint density at radius 2 is 1.85 bits per heavy atom. The van der Waals surface area contributed by atoms with Crippen molar-refractivity contribution in [3.63, 3.8) is 0 Å². The molecule has 0 amide bonds. The highest BCUT2D eigenvalue weighted by molar-refractivity contribution is 9.11. The number of aliphatic hydroxyl groups excluding tert-OH is 3. The lowest BCUT2D eigenvalue weighted by Crippen LogP contribution is -2.53. The highest BCUT2D eigenvalue weighted by atomic mass is 79.9. The second kappa shape index (κ2) is 12.3. The minimum absolute atomic E-state index is 0.0337. The molecule has 1 saturated heterocycles. The molecule has 2 heterocycles. The smallest absolute Gasteiger partial charge is 0.335 e. The van der Waals surface area contributed by atoms with E-state index in [1.54, 1.807) is 12.3 Å². The van der Waals surface area contributed by atoms with Crippen molar-refractivity contribution in [3.8, 4) is 11.5 Å². The lowest BCUT2D eigenvalue weighted by Gasteiger charge is -2.34. The molecule has 0 spiro atoms. The molecule has 0 radical (unpaired) electrons. The van der Waals surface area contributed by atoms with Gasteiger partial charge in [0.05, 0.1) is 59.0 Å². The van der Waals surface area contributed by atoms with Crippen molar-refractivity contribution in [2.45, 2.75) is 31.0 Å². The molecule has 0 unspecified atom stereocenters. The molecule has 1 fully saturated rings. The lowest BCUT2D eigenvalue weighted by molar-refractivity contribution is -0.228. The minimum atomic E-state index is -1.60. The number of fused-ring (bicyclic) bond motifs is 1. The van der Waals surface area contributed by atoms with Crippen molar-refractivity contribution in [1.82, 2.24) is 4.98 Å². The first-order chi connectivity index (χ1) is 15.8. The highest BCUT2D eigenvalue weighted by Crippen LogP contribution is 2.44. The average molecular weight is 599 g/mol. The fraction of sp³-hybridized carbons (Fsp3) is 0.550. The number of hydrogen-bond donors (Lipinski definition) is 5. The third kappa shape index (κ3) is 6.57. The molecule has 3 rings (SSSR count). The number of H-pyrrole nitrogens is 1. The van der Waals surface area contributed by atoms with E-state index in [1.807, 2.05) is 0 Å². The predicted molar refractivity (Wildman–Crippen MR) is 121 cm³/mol. The summed E-state index contributed by atoms with van der Waals surface area (Å²) in [5.74, 6) is -0.531. The van der Waals surface area contributed by atoms with Crippen LogP contribution in [-0.2, 0) is 19.0 Å². The Labute approximate surface area is 205 Å². The number of aliphatic hydroxyl groups is 3. The molecule has 1 aromatic carbocycles. The van der Waals surface area contributed by atoms with Gasteiger partial charge in [0.25, 0.3) is 0 Å². The van der Waals surface area contributed by atoms with Crippen molar-refractivity contribution < 1.29 is 48.9 Å². The van der Waals surface area contributed by atoms with Crippen LogP contribution in [0, 0.1) is 0 Å². The molecule has 0 saturated carbocycles. The number of aliphatic carboxylic acids is 1. The van der Waals surface area contributed by atoms with E-state index < -0.39 is 30.6 Å². The summed E-state index contributed by atoms with van der Waals surface area (Å²) < 4.78 is 28.8.